The van der Waals surface area contributed by atoms with Crippen LogP contribution in [0.4, 0.5) is 0 Å². The first kappa shape index (κ1) is 10.8. The average molecular weight is 269 g/mol. The Bertz CT molecular complexity index is 674. The molecule has 1 unspecified atom stereocenters. The van der Waals surface area contributed by atoms with E-state index in [1.807, 2.05) is 13.0 Å². The molecule has 0 bridgehead atoms. The van der Waals surface area contributed by atoms with Crippen LogP contribution in [0.1, 0.15) is 19.6 Å². The number of fused-ring (bicyclic) bond motifs is 1. The fourth-order valence-corrected chi connectivity index (χ4v) is 2.96. The van der Waals surface area contributed by atoms with E-state index in [-0.39, 0.29) is 11.1 Å². The van der Waals surface area contributed by atoms with Gasteiger partial charge in [0.2, 0.25) is 6.23 Å². The molecule has 3 rings (SSSR count). The first-order chi connectivity index (χ1) is 8.15. The van der Waals surface area contributed by atoms with E-state index in [0.717, 1.165) is 15.9 Å². The molecular weight excluding hydrogens is 260 g/mol. The summed E-state index contributed by atoms with van der Waals surface area (Å²) in [5, 5.41) is 4.48. The van der Waals surface area contributed by atoms with Crippen molar-refractivity contribution in [2.24, 2.45) is 5.16 Å². The van der Waals surface area contributed by atoms with Gasteiger partial charge in [0, 0.05) is 11.4 Å². The van der Waals surface area contributed by atoms with Crippen molar-refractivity contribution in [3.8, 4) is 0 Å². The Balaban J connectivity index is 2.18. The smallest absolute Gasteiger partial charge is 0.311 e. The highest BCUT2D eigenvalue weighted by molar-refractivity contribution is 7.16. The largest absolute Gasteiger partial charge is 0.370 e. The number of nitrogens with zero attached hydrogens (tertiary/aromatic N) is 2. The molecule has 2 heterocycles. The van der Waals surface area contributed by atoms with Gasteiger partial charge in [-0.15, -0.1) is 0 Å². The van der Waals surface area contributed by atoms with E-state index in [1.165, 1.54) is 11.3 Å². The molecule has 88 valence electrons. The molecule has 0 spiro atoms. The van der Waals surface area contributed by atoms with Gasteiger partial charge in [-0.25, -0.2) is 0 Å². The van der Waals surface area contributed by atoms with E-state index < -0.39 is 0 Å². The lowest BCUT2D eigenvalue weighted by molar-refractivity contribution is 0.0340. The summed E-state index contributed by atoms with van der Waals surface area (Å²) in [6.45, 7) is 1.88. The van der Waals surface area contributed by atoms with Crippen molar-refractivity contribution in [1.82, 2.24) is 4.57 Å². The predicted molar refractivity (Wildman–Crippen MR) is 68.9 cm³/mol. The molecule has 0 saturated heterocycles. The van der Waals surface area contributed by atoms with Crippen LogP contribution in [0, 0.1) is 0 Å². The molecule has 1 aromatic heterocycles. The maximum atomic E-state index is 12.0. The van der Waals surface area contributed by atoms with Gasteiger partial charge in [-0.2, -0.15) is 0 Å². The Morgan fingerprint density at radius 1 is 1.59 bits per heavy atom. The molecule has 1 aliphatic rings. The van der Waals surface area contributed by atoms with Crippen molar-refractivity contribution in [1.29, 1.82) is 0 Å². The summed E-state index contributed by atoms with van der Waals surface area (Å²) in [5.74, 6) is 0. The second-order valence-corrected chi connectivity index (χ2v) is 5.37. The number of rotatable bonds is 1. The zero-order valence-electron chi connectivity index (χ0n) is 9.01. The van der Waals surface area contributed by atoms with Crippen LogP contribution < -0.4 is 4.87 Å². The molecule has 4 nitrogen and oxygen atoms in total. The summed E-state index contributed by atoms with van der Waals surface area (Å²) in [5.41, 5.74) is 1.70. The van der Waals surface area contributed by atoms with Gasteiger partial charge in [-0.05, 0) is 25.1 Å². The fourth-order valence-electron chi connectivity index (χ4n) is 1.90. The SMILES string of the molecule is CC1=NOC(n2c(=O)sc3ccc(Cl)cc32)C1. The van der Waals surface area contributed by atoms with E-state index >= 15 is 0 Å². The Morgan fingerprint density at radius 2 is 2.41 bits per heavy atom. The molecule has 0 fully saturated rings. The third-order valence-corrected chi connectivity index (χ3v) is 3.83. The van der Waals surface area contributed by atoms with Crippen LogP contribution in [-0.2, 0) is 4.84 Å². The molecule has 1 aromatic carbocycles. The Morgan fingerprint density at radius 3 is 3.12 bits per heavy atom. The molecule has 0 saturated carbocycles. The quantitative estimate of drug-likeness (QED) is 0.798. The minimum absolute atomic E-state index is 0.0443. The van der Waals surface area contributed by atoms with Crippen LogP contribution in [-0.4, -0.2) is 10.3 Å². The minimum Gasteiger partial charge on any atom is -0.370 e. The molecule has 0 amide bonds. The summed E-state index contributed by atoms with van der Waals surface area (Å²) in [7, 11) is 0. The van der Waals surface area contributed by atoms with Crippen LogP contribution >= 0.6 is 22.9 Å². The summed E-state index contributed by atoms with van der Waals surface area (Å²) >= 11 is 7.15. The molecule has 0 aliphatic carbocycles. The second-order valence-electron chi connectivity index (χ2n) is 3.94. The number of oxime groups is 1. The predicted octanol–water partition coefficient (Wildman–Crippen LogP) is 3.01. The van der Waals surface area contributed by atoms with Gasteiger partial charge in [0.05, 0.1) is 15.9 Å². The van der Waals surface area contributed by atoms with E-state index in [4.69, 9.17) is 16.4 Å². The molecule has 1 aliphatic heterocycles. The van der Waals surface area contributed by atoms with Gasteiger partial charge >= 0.3 is 4.87 Å². The van der Waals surface area contributed by atoms with Gasteiger partial charge in [-0.1, -0.05) is 28.1 Å². The molecule has 0 radical (unpaired) electrons. The van der Waals surface area contributed by atoms with Crippen LogP contribution in [0.2, 0.25) is 5.02 Å². The van der Waals surface area contributed by atoms with Gasteiger partial charge in [-0.3, -0.25) is 9.36 Å². The average Bonchev–Trinajstić information content (AvgIpc) is 2.81. The van der Waals surface area contributed by atoms with E-state index in [1.54, 1.807) is 16.7 Å². The fraction of sp³-hybridized carbons (Fsp3) is 0.273. The number of aromatic nitrogens is 1. The number of hydrogen-bond acceptors (Lipinski definition) is 4. The number of halogens is 1. The third kappa shape index (κ3) is 1.75. The minimum atomic E-state index is -0.338. The van der Waals surface area contributed by atoms with Crippen molar-refractivity contribution in [2.45, 2.75) is 19.6 Å². The zero-order chi connectivity index (χ0) is 12.0. The molecule has 0 N–H and O–H groups in total. The standard InChI is InChI=1S/C11H9ClN2O2S/c1-6-4-10(16-13-6)14-8-5-7(12)2-3-9(8)17-11(14)15/h2-3,5,10H,4H2,1H3. The molecule has 6 heteroatoms. The van der Waals surface area contributed by atoms with Crippen molar-refractivity contribution in [3.63, 3.8) is 0 Å². The van der Waals surface area contributed by atoms with Crippen LogP contribution in [0.15, 0.2) is 28.1 Å². The maximum absolute atomic E-state index is 12.0. The van der Waals surface area contributed by atoms with E-state index in [2.05, 4.69) is 5.16 Å². The first-order valence-corrected chi connectivity index (χ1v) is 6.34. The van der Waals surface area contributed by atoms with Crippen LogP contribution in [0.25, 0.3) is 10.2 Å². The Hall–Kier alpha value is -1.33. The lowest BCUT2D eigenvalue weighted by Gasteiger charge is -2.10. The highest BCUT2D eigenvalue weighted by Gasteiger charge is 2.24. The van der Waals surface area contributed by atoms with E-state index in [0.29, 0.717) is 11.4 Å². The summed E-state index contributed by atoms with van der Waals surface area (Å²) in [6, 6.07) is 5.41. The van der Waals surface area contributed by atoms with Gasteiger partial charge in [0.15, 0.2) is 0 Å². The van der Waals surface area contributed by atoms with Crippen LogP contribution in [0.5, 0.6) is 0 Å². The third-order valence-electron chi connectivity index (χ3n) is 2.66. The summed E-state index contributed by atoms with van der Waals surface area (Å²) in [4.78, 5) is 17.2. The Kier molecular flexibility index (Phi) is 2.45. The Labute approximate surface area is 106 Å². The van der Waals surface area contributed by atoms with Crippen molar-refractivity contribution in [3.05, 3.63) is 32.9 Å². The lowest BCUT2D eigenvalue weighted by atomic mass is 10.2. The molecule has 1 atom stereocenters. The monoisotopic (exact) mass is 268 g/mol. The zero-order valence-corrected chi connectivity index (χ0v) is 10.6. The topological polar surface area (TPSA) is 43.6 Å². The maximum Gasteiger partial charge on any atom is 0.311 e. The summed E-state index contributed by atoms with van der Waals surface area (Å²) in [6.07, 6.45) is 0.299. The van der Waals surface area contributed by atoms with Gasteiger partial charge < -0.3 is 4.84 Å². The number of benzene rings is 1. The first-order valence-electron chi connectivity index (χ1n) is 5.15. The molecular formula is C11H9ClN2O2S. The van der Waals surface area contributed by atoms with E-state index in [9.17, 15) is 4.79 Å². The highest BCUT2D eigenvalue weighted by Crippen LogP contribution is 2.28. The number of thiazole rings is 1. The number of hydrogen-bond donors (Lipinski definition) is 0. The molecule has 17 heavy (non-hydrogen) atoms. The van der Waals surface area contributed by atoms with Gasteiger partial charge in [0.25, 0.3) is 0 Å². The lowest BCUT2D eigenvalue weighted by Crippen LogP contribution is -2.19. The van der Waals surface area contributed by atoms with Crippen molar-refractivity contribution >= 4 is 38.9 Å². The van der Waals surface area contributed by atoms with Crippen LogP contribution in [0.3, 0.4) is 0 Å². The van der Waals surface area contributed by atoms with Gasteiger partial charge in [0.1, 0.15) is 0 Å². The second kappa shape index (κ2) is 3.85. The van der Waals surface area contributed by atoms with Crippen molar-refractivity contribution < 1.29 is 4.84 Å². The highest BCUT2D eigenvalue weighted by atomic mass is 35.5. The normalized spacial score (nSPS) is 19.4. The van der Waals surface area contributed by atoms with Crippen molar-refractivity contribution in [2.75, 3.05) is 0 Å². The summed E-state index contributed by atoms with van der Waals surface area (Å²) < 4.78 is 2.53. The molecule has 2 aromatic rings.